The second-order valence-electron chi connectivity index (χ2n) is 2.71. The van der Waals surface area contributed by atoms with E-state index in [1.807, 2.05) is 30.3 Å². The van der Waals surface area contributed by atoms with Gasteiger partial charge in [0.1, 0.15) is 0 Å². The van der Waals surface area contributed by atoms with Gasteiger partial charge in [-0.05, 0) is 23.3 Å². The first kappa shape index (κ1) is 7.13. The van der Waals surface area contributed by atoms with E-state index in [0.29, 0.717) is 0 Å². The highest BCUT2D eigenvalue weighted by Gasteiger charge is 2.01. The summed E-state index contributed by atoms with van der Waals surface area (Å²) < 4.78 is 0. The fourth-order valence-electron chi connectivity index (χ4n) is 1.30. The third kappa shape index (κ3) is 1.12. The lowest BCUT2D eigenvalue weighted by atomic mass is 10.2. The van der Waals surface area contributed by atoms with Gasteiger partial charge < -0.3 is 5.43 Å². The molecular formula is C10H10N2. The van der Waals surface area contributed by atoms with E-state index in [4.69, 9.17) is 5.84 Å². The molecule has 0 amide bonds. The van der Waals surface area contributed by atoms with Gasteiger partial charge in [-0.2, -0.15) is 0 Å². The molecule has 2 aliphatic rings. The first-order valence-corrected chi connectivity index (χ1v) is 3.85. The van der Waals surface area contributed by atoms with Crippen LogP contribution >= 0.6 is 0 Å². The number of rotatable bonds is 1. The Morgan fingerprint density at radius 2 is 1.50 bits per heavy atom. The molecule has 0 aromatic heterocycles. The Kier molecular flexibility index (Phi) is 1.68. The van der Waals surface area contributed by atoms with Crippen molar-refractivity contribution in [2.75, 3.05) is 5.43 Å². The van der Waals surface area contributed by atoms with E-state index in [1.165, 1.54) is 11.1 Å². The number of hydrogen-bond acceptors (Lipinski definition) is 2. The van der Waals surface area contributed by atoms with Crippen molar-refractivity contribution in [3.05, 3.63) is 42.5 Å². The largest absolute Gasteiger partial charge is 0.324 e. The fraction of sp³-hybridized carbons (Fsp3) is 0. The lowest BCUT2D eigenvalue weighted by Gasteiger charge is -1.87. The summed E-state index contributed by atoms with van der Waals surface area (Å²) in [4.78, 5) is 0. The number of anilines is 1. The maximum Gasteiger partial charge on any atom is 0.0497 e. The third-order valence-electron chi connectivity index (χ3n) is 1.90. The molecule has 0 radical (unpaired) electrons. The zero-order valence-corrected chi connectivity index (χ0v) is 6.62. The Morgan fingerprint density at radius 1 is 0.917 bits per heavy atom. The fourth-order valence-corrected chi connectivity index (χ4v) is 1.30. The SMILES string of the molecule is NNc1cc2cccccc-2c1. The van der Waals surface area contributed by atoms with Crippen molar-refractivity contribution in [3.8, 4) is 11.1 Å². The molecule has 0 aromatic carbocycles. The maximum absolute atomic E-state index is 5.29. The van der Waals surface area contributed by atoms with Crippen LogP contribution in [0.4, 0.5) is 5.69 Å². The summed E-state index contributed by atoms with van der Waals surface area (Å²) in [5.41, 5.74) is 5.99. The smallest absolute Gasteiger partial charge is 0.0497 e. The van der Waals surface area contributed by atoms with Crippen LogP contribution in [0.3, 0.4) is 0 Å². The minimum absolute atomic E-state index is 0.955. The average Bonchev–Trinajstić information content (AvgIpc) is 2.37. The van der Waals surface area contributed by atoms with E-state index in [2.05, 4.69) is 17.6 Å². The molecule has 2 nitrogen and oxygen atoms in total. The molecule has 0 aromatic rings. The normalized spacial score (nSPS) is 10.1. The molecule has 0 fully saturated rings. The number of hydrogen-bond donors (Lipinski definition) is 2. The summed E-state index contributed by atoms with van der Waals surface area (Å²) in [7, 11) is 0. The van der Waals surface area contributed by atoms with E-state index in [-0.39, 0.29) is 0 Å². The summed E-state index contributed by atoms with van der Waals surface area (Å²) >= 11 is 0. The van der Waals surface area contributed by atoms with E-state index in [9.17, 15) is 0 Å². The standard InChI is InChI=1S/C10H10N2/c11-12-10-6-8-4-2-1-3-5-9(8)7-10/h1-7,12H,11H2. The first-order valence-electron chi connectivity index (χ1n) is 3.85. The van der Waals surface area contributed by atoms with Crippen LogP contribution in [0, 0.1) is 0 Å². The highest BCUT2D eigenvalue weighted by Crippen LogP contribution is 2.27. The minimum atomic E-state index is 0.955. The Morgan fingerprint density at radius 3 is 2.00 bits per heavy atom. The zero-order valence-electron chi connectivity index (χ0n) is 6.62. The lowest BCUT2D eigenvalue weighted by Crippen LogP contribution is -2.04. The Hall–Kier alpha value is -1.54. The number of nitrogens with one attached hydrogen (secondary N) is 1. The zero-order chi connectivity index (χ0) is 8.39. The van der Waals surface area contributed by atoms with Gasteiger partial charge in [0.2, 0.25) is 0 Å². The van der Waals surface area contributed by atoms with Gasteiger partial charge in [0, 0.05) is 5.69 Å². The number of hydrazine groups is 1. The van der Waals surface area contributed by atoms with Crippen LogP contribution in [0.1, 0.15) is 0 Å². The molecular weight excluding hydrogens is 148 g/mol. The van der Waals surface area contributed by atoms with Crippen LogP contribution in [0.2, 0.25) is 0 Å². The van der Waals surface area contributed by atoms with Crippen molar-refractivity contribution >= 4 is 5.69 Å². The summed E-state index contributed by atoms with van der Waals surface area (Å²) in [6.07, 6.45) is 0. The molecule has 2 rings (SSSR count). The molecule has 2 aliphatic carbocycles. The molecule has 2 heteroatoms. The lowest BCUT2D eigenvalue weighted by molar-refractivity contribution is 1.37. The summed E-state index contributed by atoms with van der Waals surface area (Å²) in [5, 5.41) is 0. The van der Waals surface area contributed by atoms with Crippen LogP contribution in [-0.2, 0) is 0 Å². The van der Waals surface area contributed by atoms with Crippen LogP contribution in [0.5, 0.6) is 0 Å². The van der Waals surface area contributed by atoms with Crippen LogP contribution in [0.15, 0.2) is 42.5 Å². The summed E-state index contributed by atoms with van der Waals surface area (Å²) in [6, 6.07) is 14.2. The number of fused-ring (bicyclic) bond motifs is 1. The number of nitrogen functional groups attached to an aromatic ring is 1. The maximum atomic E-state index is 5.29. The van der Waals surface area contributed by atoms with Gasteiger partial charge in [0.25, 0.3) is 0 Å². The van der Waals surface area contributed by atoms with E-state index in [1.54, 1.807) is 0 Å². The first-order chi connectivity index (χ1) is 5.90. The molecule has 0 bridgehead atoms. The second-order valence-corrected chi connectivity index (χ2v) is 2.71. The van der Waals surface area contributed by atoms with Crippen LogP contribution in [0.25, 0.3) is 11.1 Å². The topological polar surface area (TPSA) is 38.0 Å². The van der Waals surface area contributed by atoms with Crippen molar-refractivity contribution in [1.29, 1.82) is 0 Å². The van der Waals surface area contributed by atoms with Crippen molar-refractivity contribution < 1.29 is 0 Å². The molecule has 0 atom stereocenters. The van der Waals surface area contributed by atoms with Crippen molar-refractivity contribution in [3.63, 3.8) is 0 Å². The Bertz CT molecular complexity index is 326. The molecule has 0 heterocycles. The average molecular weight is 158 g/mol. The minimum Gasteiger partial charge on any atom is -0.324 e. The van der Waals surface area contributed by atoms with Crippen molar-refractivity contribution in [1.82, 2.24) is 0 Å². The monoisotopic (exact) mass is 158 g/mol. The van der Waals surface area contributed by atoms with Gasteiger partial charge >= 0.3 is 0 Å². The van der Waals surface area contributed by atoms with Gasteiger partial charge in [-0.1, -0.05) is 30.3 Å². The van der Waals surface area contributed by atoms with Gasteiger partial charge in [0.15, 0.2) is 0 Å². The van der Waals surface area contributed by atoms with Gasteiger partial charge in [-0.25, -0.2) is 0 Å². The van der Waals surface area contributed by atoms with Gasteiger partial charge in [-0.3, -0.25) is 5.84 Å². The van der Waals surface area contributed by atoms with E-state index < -0.39 is 0 Å². The Labute approximate surface area is 71.3 Å². The highest BCUT2D eigenvalue weighted by molar-refractivity contribution is 5.74. The predicted molar refractivity (Wildman–Crippen MR) is 50.9 cm³/mol. The number of nitrogens with two attached hydrogens (primary N) is 1. The molecule has 12 heavy (non-hydrogen) atoms. The molecule has 0 saturated carbocycles. The van der Waals surface area contributed by atoms with Gasteiger partial charge in [-0.15, -0.1) is 0 Å². The molecule has 0 aliphatic heterocycles. The molecule has 0 unspecified atom stereocenters. The van der Waals surface area contributed by atoms with Crippen molar-refractivity contribution in [2.45, 2.75) is 0 Å². The van der Waals surface area contributed by atoms with Crippen LogP contribution < -0.4 is 11.3 Å². The molecule has 3 N–H and O–H groups in total. The van der Waals surface area contributed by atoms with E-state index in [0.717, 1.165) is 5.69 Å². The summed E-state index contributed by atoms with van der Waals surface area (Å²) in [6.45, 7) is 0. The molecule has 0 saturated heterocycles. The molecule has 0 spiro atoms. The Balaban J connectivity index is 2.61. The second kappa shape index (κ2) is 2.83. The van der Waals surface area contributed by atoms with Crippen molar-refractivity contribution in [2.24, 2.45) is 5.84 Å². The van der Waals surface area contributed by atoms with Crippen LogP contribution in [-0.4, -0.2) is 0 Å². The molecule has 60 valence electrons. The highest BCUT2D eigenvalue weighted by atomic mass is 15.2. The van der Waals surface area contributed by atoms with E-state index >= 15 is 0 Å². The summed E-state index contributed by atoms with van der Waals surface area (Å²) in [5.74, 6) is 5.29. The quantitative estimate of drug-likeness (QED) is 0.492. The predicted octanol–water partition coefficient (Wildman–Crippen LogP) is 2.08. The van der Waals surface area contributed by atoms with Gasteiger partial charge in [0.05, 0.1) is 0 Å². The third-order valence-corrected chi connectivity index (χ3v) is 1.90.